The Hall–Kier alpha value is -1.71. The third-order valence-corrected chi connectivity index (χ3v) is 7.69. The van der Waals surface area contributed by atoms with E-state index in [0.717, 1.165) is 57.6 Å². The maximum absolute atomic E-state index is 12.8. The fourth-order valence-corrected chi connectivity index (χ4v) is 5.69. The van der Waals surface area contributed by atoms with Crippen LogP contribution in [0.4, 0.5) is 10.6 Å². The lowest BCUT2D eigenvalue weighted by Crippen LogP contribution is -2.45. The predicted octanol–water partition coefficient (Wildman–Crippen LogP) is 4.00. The molecule has 0 saturated carbocycles. The molecule has 0 spiro atoms. The van der Waals surface area contributed by atoms with Crippen molar-refractivity contribution in [3.63, 3.8) is 0 Å². The number of rotatable bonds is 7. The average Bonchev–Trinajstić information content (AvgIpc) is 3.05. The van der Waals surface area contributed by atoms with E-state index in [-0.39, 0.29) is 17.7 Å². The number of pyridine rings is 1. The van der Waals surface area contributed by atoms with Gasteiger partial charge in [0.2, 0.25) is 0 Å². The molecule has 34 heavy (non-hydrogen) atoms. The van der Waals surface area contributed by atoms with Gasteiger partial charge in [0.15, 0.2) is 0 Å². The summed E-state index contributed by atoms with van der Waals surface area (Å²) in [4.78, 5) is 21.6. The van der Waals surface area contributed by atoms with Gasteiger partial charge in [-0.2, -0.15) is 0 Å². The summed E-state index contributed by atoms with van der Waals surface area (Å²) in [5.41, 5.74) is -0.715. The Morgan fingerprint density at radius 1 is 1.32 bits per heavy atom. The van der Waals surface area contributed by atoms with Gasteiger partial charge in [0.25, 0.3) is 0 Å². The third-order valence-electron chi connectivity index (χ3n) is 7.05. The van der Waals surface area contributed by atoms with E-state index < -0.39 is 16.6 Å². The molecule has 3 unspecified atom stereocenters. The van der Waals surface area contributed by atoms with Crippen molar-refractivity contribution in [1.29, 1.82) is 0 Å². The fraction of sp³-hybridized carbons (Fsp3) is 0.760. The van der Waals surface area contributed by atoms with E-state index in [1.165, 1.54) is 0 Å². The van der Waals surface area contributed by atoms with Crippen LogP contribution in [0.2, 0.25) is 0 Å². The molecule has 2 aliphatic heterocycles. The number of carbonyl (C=O) groups is 1. The van der Waals surface area contributed by atoms with Crippen LogP contribution in [0, 0.1) is 11.8 Å². The Kier molecular flexibility index (Phi) is 8.63. The number of aromatic nitrogens is 1. The summed E-state index contributed by atoms with van der Waals surface area (Å²) in [6, 6.07) is 5.72. The fourth-order valence-electron chi connectivity index (χ4n) is 5.29. The number of nitrogens with one attached hydrogen (secondary N) is 1. The summed E-state index contributed by atoms with van der Waals surface area (Å²) in [5.74, 6) is 1.69. The summed E-state index contributed by atoms with van der Waals surface area (Å²) in [6.45, 7) is 12.9. The van der Waals surface area contributed by atoms with Gasteiger partial charge < -0.3 is 19.9 Å². The molecule has 0 bridgehead atoms. The molecule has 0 radical (unpaired) electrons. The van der Waals surface area contributed by atoms with E-state index >= 15 is 0 Å². The molecule has 192 valence electrons. The monoisotopic (exact) mass is 493 g/mol. The van der Waals surface area contributed by atoms with Crippen LogP contribution in [-0.2, 0) is 15.7 Å². The average molecular weight is 494 g/mol. The summed E-state index contributed by atoms with van der Waals surface area (Å²) >= 11 is 0. The highest BCUT2D eigenvalue weighted by molar-refractivity contribution is 7.82. The van der Waals surface area contributed by atoms with Gasteiger partial charge in [0, 0.05) is 18.1 Å². The SMILES string of the molecule is CN1CCC(C(CCC2CN(C(=O)OC(C)(C)C)C(C)(C)C2)Nc2cccc(S(N)=O)n2)CC1. The number of carbonyl (C=O) groups excluding carboxylic acids is 1. The summed E-state index contributed by atoms with van der Waals surface area (Å²) in [5, 5.41) is 9.58. The molecule has 3 atom stereocenters. The molecule has 0 aliphatic carbocycles. The lowest BCUT2D eigenvalue weighted by molar-refractivity contribution is 0.0130. The van der Waals surface area contributed by atoms with Crippen molar-refractivity contribution in [2.24, 2.45) is 17.0 Å². The Morgan fingerprint density at radius 3 is 2.62 bits per heavy atom. The number of hydrogen-bond acceptors (Lipinski definition) is 6. The zero-order chi connectivity index (χ0) is 25.1. The number of nitrogens with zero attached hydrogens (tertiary/aromatic N) is 3. The first kappa shape index (κ1) is 26.9. The number of ether oxygens (including phenoxy) is 1. The first-order valence-corrected chi connectivity index (χ1v) is 13.6. The number of hydrogen-bond donors (Lipinski definition) is 2. The van der Waals surface area contributed by atoms with Gasteiger partial charge in [0.05, 0.1) is 0 Å². The molecule has 2 aliphatic rings. The van der Waals surface area contributed by atoms with Crippen molar-refractivity contribution in [2.75, 3.05) is 32.0 Å². The zero-order valence-corrected chi connectivity index (χ0v) is 22.5. The van der Waals surface area contributed by atoms with Crippen molar-refractivity contribution in [3.8, 4) is 0 Å². The molecule has 8 nitrogen and oxygen atoms in total. The van der Waals surface area contributed by atoms with Gasteiger partial charge in [-0.3, -0.25) is 0 Å². The van der Waals surface area contributed by atoms with Crippen LogP contribution < -0.4 is 10.5 Å². The molecule has 2 saturated heterocycles. The Bertz CT molecular complexity index is 864. The quantitative estimate of drug-likeness (QED) is 0.595. The zero-order valence-electron chi connectivity index (χ0n) is 21.7. The van der Waals surface area contributed by atoms with E-state index in [4.69, 9.17) is 9.88 Å². The topological polar surface area (TPSA) is 101 Å². The number of amides is 1. The highest BCUT2D eigenvalue weighted by atomic mass is 32.2. The number of piperidine rings is 1. The summed E-state index contributed by atoms with van der Waals surface area (Å²) in [6.07, 6.45) is 5.03. The van der Waals surface area contributed by atoms with Gasteiger partial charge >= 0.3 is 6.09 Å². The smallest absolute Gasteiger partial charge is 0.410 e. The molecule has 0 aromatic carbocycles. The van der Waals surface area contributed by atoms with Crippen LogP contribution in [0.25, 0.3) is 0 Å². The van der Waals surface area contributed by atoms with Crippen LogP contribution in [0.5, 0.6) is 0 Å². The first-order chi connectivity index (χ1) is 15.8. The highest BCUT2D eigenvalue weighted by Gasteiger charge is 2.43. The second-order valence-corrected chi connectivity index (χ2v) is 12.6. The van der Waals surface area contributed by atoms with Gasteiger partial charge in [-0.25, -0.2) is 19.1 Å². The van der Waals surface area contributed by atoms with Crippen LogP contribution >= 0.6 is 0 Å². The van der Waals surface area contributed by atoms with Gasteiger partial charge in [-0.15, -0.1) is 0 Å². The maximum atomic E-state index is 12.8. The van der Waals surface area contributed by atoms with Gasteiger partial charge in [0.1, 0.15) is 27.4 Å². The van der Waals surface area contributed by atoms with Gasteiger partial charge in [-0.1, -0.05) is 6.07 Å². The molecule has 1 amide bonds. The molecule has 3 rings (SSSR count). The molecular weight excluding hydrogens is 450 g/mol. The molecule has 9 heteroatoms. The summed E-state index contributed by atoms with van der Waals surface area (Å²) < 4.78 is 17.4. The standard InChI is InChI=1S/C25H43N5O3S/c1-24(2,3)33-23(31)30-17-18(16-25(30,4)5)10-11-20(19-12-14-29(6)15-13-19)27-21-8-7-9-22(28-21)34(26)32/h7-9,18-20H,10-17,26H2,1-6H3,(H,27,28). The van der Waals surface area contributed by atoms with E-state index in [9.17, 15) is 9.00 Å². The number of likely N-dealkylation sites (tertiary alicyclic amines) is 2. The van der Waals surface area contributed by atoms with E-state index in [1.807, 2.05) is 37.8 Å². The Balaban J connectivity index is 1.67. The molecule has 1 aromatic heterocycles. The summed E-state index contributed by atoms with van der Waals surface area (Å²) in [7, 11) is 0.572. The largest absolute Gasteiger partial charge is 0.444 e. The molecule has 3 N–H and O–H groups in total. The molecule has 2 fully saturated rings. The third kappa shape index (κ3) is 7.39. The maximum Gasteiger partial charge on any atom is 0.410 e. The lowest BCUT2D eigenvalue weighted by Gasteiger charge is -2.35. The lowest BCUT2D eigenvalue weighted by atomic mass is 9.84. The van der Waals surface area contributed by atoms with Gasteiger partial charge in [-0.05, 0) is 111 Å². The normalized spacial score (nSPS) is 23.5. The van der Waals surface area contributed by atoms with Crippen LogP contribution in [-0.4, -0.2) is 68.9 Å². The van der Waals surface area contributed by atoms with E-state index in [1.54, 1.807) is 6.07 Å². The van der Waals surface area contributed by atoms with Crippen molar-refractivity contribution >= 4 is 22.9 Å². The Morgan fingerprint density at radius 2 is 2.00 bits per heavy atom. The Labute approximate surface area is 207 Å². The van der Waals surface area contributed by atoms with Crippen LogP contribution in [0.1, 0.15) is 66.7 Å². The highest BCUT2D eigenvalue weighted by Crippen LogP contribution is 2.37. The first-order valence-electron chi connectivity index (χ1n) is 12.4. The van der Waals surface area contributed by atoms with Crippen LogP contribution in [0.3, 0.4) is 0 Å². The van der Waals surface area contributed by atoms with E-state index in [2.05, 4.69) is 36.1 Å². The second-order valence-electron chi connectivity index (χ2n) is 11.6. The molecule has 3 heterocycles. The predicted molar refractivity (Wildman–Crippen MR) is 137 cm³/mol. The van der Waals surface area contributed by atoms with E-state index in [0.29, 0.717) is 16.9 Å². The van der Waals surface area contributed by atoms with Crippen molar-refractivity contribution < 1.29 is 13.7 Å². The second kappa shape index (κ2) is 10.9. The van der Waals surface area contributed by atoms with Crippen molar-refractivity contribution in [3.05, 3.63) is 18.2 Å². The minimum Gasteiger partial charge on any atom is -0.444 e. The number of anilines is 1. The molecular formula is C25H43N5O3S. The van der Waals surface area contributed by atoms with Crippen LogP contribution in [0.15, 0.2) is 23.2 Å². The van der Waals surface area contributed by atoms with Crippen molar-refractivity contribution in [2.45, 2.75) is 88.9 Å². The number of nitrogens with two attached hydrogens (primary N) is 1. The van der Waals surface area contributed by atoms with Crippen molar-refractivity contribution in [1.82, 2.24) is 14.8 Å². The minimum atomic E-state index is -1.60. The molecule has 1 aromatic rings. The minimum absolute atomic E-state index is 0.218.